The molecule has 2 aromatic rings. The summed E-state index contributed by atoms with van der Waals surface area (Å²) in [6, 6.07) is 6.19. The zero-order chi connectivity index (χ0) is 37.5. The number of piperazine rings is 1. The predicted molar refractivity (Wildman–Crippen MR) is 187 cm³/mol. The topological polar surface area (TPSA) is 145 Å². The molecule has 4 amide bonds. The number of sulfone groups is 1. The summed E-state index contributed by atoms with van der Waals surface area (Å²) in [6.45, 7) is 5.69. The number of hydrogen-bond acceptors (Lipinski definition) is 7. The Morgan fingerprint density at radius 1 is 0.961 bits per heavy atom. The number of halogens is 3. The summed E-state index contributed by atoms with van der Waals surface area (Å²) in [5.41, 5.74) is -0.491. The first kappa shape index (κ1) is 39.8. The number of nitrogens with zero attached hydrogens (tertiary/aromatic N) is 2. The molecule has 0 radical (unpaired) electrons. The molecule has 15 heteroatoms. The highest BCUT2D eigenvalue weighted by Crippen LogP contribution is 2.33. The van der Waals surface area contributed by atoms with Gasteiger partial charge in [0.05, 0.1) is 11.4 Å². The van der Waals surface area contributed by atoms with Crippen LogP contribution in [0.25, 0.3) is 0 Å². The minimum absolute atomic E-state index is 0.0834. The van der Waals surface area contributed by atoms with Gasteiger partial charge in [-0.2, -0.15) is 8.78 Å². The van der Waals surface area contributed by atoms with E-state index in [4.69, 9.17) is 0 Å². The van der Waals surface area contributed by atoms with Crippen LogP contribution in [-0.4, -0.2) is 93.4 Å². The Morgan fingerprint density at radius 3 is 2.24 bits per heavy atom. The van der Waals surface area contributed by atoms with E-state index in [9.17, 15) is 27.6 Å². The van der Waals surface area contributed by atoms with E-state index in [2.05, 4.69) is 20.9 Å². The van der Waals surface area contributed by atoms with Gasteiger partial charge in [-0.3, -0.25) is 19.2 Å². The second kappa shape index (κ2) is 17.0. The van der Waals surface area contributed by atoms with E-state index in [1.54, 1.807) is 18.7 Å². The molecule has 51 heavy (non-hydrogen) atoms. The Hall–Kier alpha value is -3.98. The van der Waals surface area contributed by atoms with Crippen molar-refractivity contribution in [3.63, 3.8) is 0 Å². The molecule has 0 spiro atoms. The first-order chi connectivity index (χ1) is 24.0. The van der Waals surface area contributed by atoms with Crippen LogP contribution in [0.5, 0.6) is 0 Å². The fraction of sp³-hybridized carbons (Fsp3) is 0.556. The fourth-order valence-corrected chi connectivity index (χ4v) is 7.39. The molecule has 2 fully saturated rings. The van der Waals surface area contributed by atoms with Crippen LogP contribution >= 0.6 is 0 Å². The number of alkyl halides is 2. The number of nitrogens with one attached hydrogen (secondary N) is 3. The molecule has 4 rings (SSSR count). The van der Waals surface area contributed by atoms with Gasteiger partial charge in [0.2, 0.25) is 17.7 Å². The van der Waals surface area contributed by atoms with Crippen molar-refractivity contribution in [2.75, 3.05) is 44.8 Å². The Bertz CT molecular complexity index is 1690. The van der Waals surface area contributed by atoms with Crippen molar-refractivity contribution in [2.24, 2.45) is 5.92 Å². The van der Waals surface area contributed by atoms with Gasteiger partial charge in [0.15, 0.2) is 9.84 Å². The molecule has 3 atom stereocenters. The molecule has 11 nitrogen and oxygen atoms in total. The SMILES string of the molecule is CCC(=O)N[C@@H](C(=O)N1CCN(C)CC1)[C@@H](C)c1ccc(NC(=O)[C@@H](NC(=O)C(F)(F)c2cccc(CS(C)(=O)=O)c2)C2CCCCC2)c(F)c1. The van der Waals surface area contributed by atoms with Crippen LogP contribution in [0.1, 0.15) is 75.0 Å². The van der Waals surface area contributed by atoms with E-state index in [1.807, 2.05) is 7.05 Å². The van der Waals surface area contributed by atoms with Crippen LogP contribution in [0.4, 0.5) is 18.9 Å². The van der Waals surface area contributed by atoms with E-state index >= 15 is 13.2 Å². The van der Waals surface area contributed by atoms with E-state index in [1.165, 1.54) is 24.3 Å². The third kappa shape index (κ3) is 10.5. The van der Waals surface area contributed by atoms with Gasteiger partial charge in [-0.25, -0.2) is 12.8 Å². The van der Waals surface area contributed by atoms with Crippen LogP contribution in [0, 0.1) is 11.7 Å². The lowest BCUT2D eigenvalue weighted by Crippen LogP contribution is -2.55. The second-order valence-corrected chi connectivity index (χ2v) is 15.9. The predicted octanol–water partition coefficient (Wildman–Crippen LogP) is 3.94. The highest BCUT2D eigenvalue weighted by Gasteiger charge is 2.44. The summed E-state index contributed by atoms with van der Waals surface area (Å²) in [5, 5.41) is 7.47. The zero-order valence-corrected chi connectivity index (χ0v) is 30.3. The molecular weight excluding hydrogens is 687 g/mol. The molecule has 0 unspecified atom stereocenters. The third-order valence-electron chi connectivity index (χ3n) is 9.69. The normalized spacial score (nSPS) is 18.0. The van der Waals surface area contributed by atoms with E-state index in [0.717, 1.165) is 43.7 Å². The van der Waals surface area contributed by atoms with Gasteiger partial charge in [0, 0.05) is 50.3 Å². The van der Waals surface area contributed by atoms with Crippen molar-refractivity contribution in [3.8, 4) is 0 Å². The number of likely N-dealkylation sites (N-methyl/N-ethyl adjacent to an activating group) is 1. The molecule has 3 N–H and O–H groups in total. The summed E-state index contributed by atoms with van der Waals surface area (Å²) >= 11 is 0. The molecule has 1 aliphatic carbocycles. The number of carbonyl (C=O) groups excluding carboxylic acids is 4. The van der Waals surface area contributed by atoms with Crippen molar-refractivity contribution >= 4 is 39.2 Å². The zero-order valence-electron chi connectivity index (χ0n) is 29.5. The average molecular weight is 736 g/mol. The number of carbonyl (C=O) groups is 4. The number of amides is 4. The van der Waals surface area contributed by atoms with E-state index < -0.39 is 68.6 Å². The first-order valence-electron chi connectivity index (χ1n) is 17.3. The van der Waals surface area contributed by atoms with Crippen LogP contribution in [-0.2, 0) is 40.7 Å². The monoisotopic (exact) mass is 735 g/mol. The Morgan fingerprint density at radius 2 is 1.63 bits per heavy atom. The minimum atomic E-state index is -4.10. The Labute approximate surface area is 297 Å². The van der Waals surface area contributed by atoms with Crippen molar-refractivity contribution in [1.82, 2.24) is 20.4 Å². The number of rotatable bonds is 13. The summed E-state index contributed by atoms with van der Waals surface area (Å²) in [7, 11) is -1.58. The van der Waals surface area contributed by atoms with Crippen LogP contribution in [0.3, 0.4) is 0 Å². The number of anilines is 1. The van der Waals surface area contributed by atoms with Gasteiger partial charge in [-0.15, -0.1) is 0 Å². The van der Waals surface area contributed by atoms with Crippen LogP contribution < -0.4 is 16.0 Å². The molecule has 1 saturated carbocycles. The summed E-state index contributed by atoms with van der Waals surface area (Å²) in [5.74, 6) is -9.77. The van der Waals surface area contributed by atoms with Gasteiger partial charge in [0.1, 0.15) is 17.9 Å². The third-order valence-corrected chi connectivity index (χ3v) is 10.5. The maximum atomic E-state index is 15.6. The molecule has 2 aliphatic rings. The molecule has 280 valence electrons. The number of benzene rings is 2. The van der Waals surface area contributed by atoms with Crippen molar-refractivity contribution < 1.29 is 40.8 Å². The minimum Gasteiger partial charge on any atom is -0.344 e. The maximum Gasteiger partial charge on any atom is 0.349 e. The van der Waals surface area contributed by atoms with Crippen molar-refractivity contribution in [3.05, 3.63) is 65.0 Å². The largest absolute Gasteiger partial charge is 0.349 e. The summed E-state index contributed by atoms with van der Waals surface area (Å²) < 4.78 is 70.1. The lowest BCUT2D eigenvalue weighted by Gasteiger charge is -2.36. The molecule has 1 aliphatic heterocycles. The van der Waals surface area contributed by atoms with E-state index in [0.29, 0.717) is 44.6 Å². The lowest BCUT2D eigenvalue weighted by atomic mass is 9.83. The fourth-order valence-electron chi connectivity index (χ4n) is 6.61. The Balaban J connectivity index is 1.53. The maximum absolute atomic E-state index is 15.6. The van der Waals surface area contributed by atoms with Gasteiger partial charge < -0.3 is 25.8 Å². The highest BCUT2D eigenvalue weighted by molar-refractivity contribution is 7.89. The van der Waals surface area contributed by atoms with Gasteiger partial charge in [0.25, 0.3) is 5.91 Å². The van der Waals surface area contributed by atoms with Gasteiger partial charge in [-0.1, -0.05) is 57.4 Å². The van der Waals surface area contributed by atoms with Crippen LogP contribution in [0.2, 0.25) is 0 Å². The molecule has 2 aromatic carbocycles. The van der Waals surface area contributed by atoms with Crippen molar-refractivity contribution in [2.45, 2.75) is 82.0 Å². The standard InChI is InChI=1S/C36H48F3N5O6S/c1-5-30(45)41-31(34(47)44-18-16-43(3)17-19-44)23(2)26-14-15-29(28(37)21-26)40-33(46)32(25-11-7-6-8-12-25)42-35(48)36(38,39)27-13-9-10-24(20-27)22-51(4,49)50/h9-10,13-15,20-21,23,25,31-32H,5-8,11-12,16-19,22H2,1-4H3,(H,40,46)(H,41,45)(H,42,48)/t23-,31+,32-/m0/s1. The van der Waals surface area contributed by atoms with E-state index in [-0.39, 0.29) is 29.5 Å². The quantitative estimate of drug-likeness (QED) is 0.283. The van der Waals surface area contributed by atoms with Crippen molar-refractivity contribution in [1.29, 1.82) is 0 Å². The van der Waals surface area contributed by atoms with Gasteiger partial charge >= 0.3 is 5.92 Å². The average Bonchev–Trinajstić information content (AvgIpc) is 3.09. The highest BCUT2D eigenvalue weighted by atomic mass is 32.2. The number of hydrogen-bond donors (Lipinski definition) is 3. The second-order valence-electron chi connectivity index (χ2n) is 13.7. The molecule has 1 heterocycles. The molecule has 1 saturated heterocycles. The lowest BCUT2D eigenvalue weighted by molar-refractivity contribution is -0.149. The van der Waals surface area contributed by atoms with Gasteiger partial charge in [-0.05, 0) is 55.1 Å². The molecule has 0 aromatic heterocycles. The molecule has 0 bridgehead atoms. The summed E-state index contributed by atoms with van der Waals surface area (Å²) in [4.78, 5) is 56.5. The Kier molecular flexibility index (Phi) is 13.3. The smallest absolute Gasteiger partial charge is 0.344 e. The summed E-state index contributed by atoms with van der Waals surface area (Å²) in [6.07, 6.45) is 4.41. The first-order valence-corrected chi connectivity index (χ1v) is 19.4. The van der Waals surface area contributed by atoms with Crippen LogP contribution in [0.15, 0.2) is 42.5 Å². The molecular formula is C36H48F3N5O6S.